The maximum atomic E-state index is 6.86. The molecule has 0 unspecified atom stereocenters. The summed E-state index contributed by atoms with van der Waals surface area (Å²) >= 11 is 0. The van der Waals surface area contributed by atoms with Gasteiger partial charge in [-0.15, -0.1) is 0 Å². The third kappa shape index (κ3) is 6.45. The largest absolute Gasteiger partial charge is 0.455 e. The fourth-order valence-corrected chi connectivity index (χ4v) is 8.17. The van der Waals surface area contributed by atoms with Crippen LogP contribution in [-0.4, -0.2) is 15.0 Å². The van der Waals surface area contributed by atoms with Crippen molar-refractivity contribution in [2.45, 2.75) is 0 Å². The number of nitrogens with zero attached hydrogens (tertiary/aromatic N) is 4. The second-order valence-electron chi connectivity index (χ2n) is 14.8. The van der Waals surface area contributed by atoms with Crippen LogP contribution in [-0.2, 0) is 0 Å². The third-order valence-corrected chi connectivity index (χ3v) is 11.1. The quantitative estimate of drug-likeness (QED) is 0.154. The predicted octanol–water partition coefficient (Wildman–Crippen LogP) is 14.7. The Morgan fingerprint density at radius 3 is 1.40 bits per heavy atom. The molecule has 11 rings (SSSR count). The molecule has 0 spiro atoms. The Bertz CT molecular complexity index is 3220. The van der Waals surface area contributed by atoms with Crippen LogP contribution in [0.25, 0.3) is 89.1 Å². The van der Waals surface area contributed by atoms with Gasteiger partial charge in [0.1, 0.15) is 11.2 Å². The van der Waals surface area contributed by atoms with Crippen molar-refractivity contribution >= 4 is 49.8 Å². The predicted molar refractivity (Wildman–Crippen MR) is 246 cm³/mol. The summed E-state index contributed by atoms with van der Waals surface area (Å²) in [4.78, 5) is 17.7. The van der Waals surface area contributed by atoms with Gasteiger partial charge in [-0.1, -0.05) is 164 Å². The summed E-state index contributed by atoms with van der Waals surface area (Å²) in [6.07, 6.45) is 0. The number of hydrogen-bond donors (Lipinski definition) is 0. The van der Waals surface area contributed by atoms with Crippen molar-refractivity contribution in [2.24, 2.45) is 0 Å². The van der Waals surface area contributed by atoms with Crippen LogP contribution in [0.3, 0.4) is 0 Å². The number of hydrogen-bond acceptors (Lipinski definition) is 5. The summed E-state index contributed by atoms with van der Waals surface area (Å²) in [6, 6.07) is 75.7. The van der Waals surface area contributed by atoms with E-state index in [9.17, 15) is 0 Å². The number of rotatable bonds is 8. The van der Waals surface area contributed by atoms with Crippen molar-refractivity contribution in [3.63, 3.8) is 0 Å². The van der Waals surface area contributed by atoms with Crippen molar-refractivity contribution in [3.05, 3.63) is 218 Å². The van der Waals surface area contributed by atoms with E-state index in [0.717, 1.165) is 77.6 Å². The fraction of sp³-hybridized carbons (Fsp3) is 0. The highest BCUT2D eigenvalue weighted by Crippen LogP contribution is 2.43. The summed E-state index contributed by atoms with van der Waals surface area (Å²) in [6.45, 7) is 0. The number of para-hydroxylation sites is 1. The molecule has 60 heavy (non-hydrogen) atoms. The van der Waals surface area contributed by atoms with E-state index in [1.54, 1.807) is 0 Å². The number of fused-ring (bicyclic) bond motifs is 5. The molecule has 9 aromatic carbocycles. The van der Waals surface area contributed by atoms with Crippen LogP contribution >= 0.6 is 0 Å². The molecule has 0 aliphatic rings. The summed E-state index contributed by atoms with van der Waals surface area (Å²) < 4.78 is 6.86. The second kappa shape index (κ2) is 15.0. The molecule has 11 aromatic rings. The summed E-state index contributed by atoms with van der Waals surface area (Å²) in [5.74, 6) is 1.80. The first kappa shape index (κ1) is 35.0. The lowest BCUT2D eigenvalue weighted by atomic mass is 9.97. The summed E-state index contributed by atoms with van der Waals surface area (Å²) in [5.41, 5.74) is 11.9. The van der Waals surface area contributed by atoms with Gasteiger partial charge in [-0.3, -0.25) is 0 Å². The lowest BCUT2D eigenvalue weighted by Gasteiger charge is -2.26. The fourth-order valence-electron chi connectivity index (χ4n) is 8.17. The van der Waals surface area contributed by atoms with Gasteiger partial charge in [0.25, 0.3) is 0 Å². The van der Waals surface area contributed by atoms with Crippen LogP contribution in [0.4, 0.5) is 17.1 Å². The van der Waals surface area contributed by atoms with Gasteiger partial charge in [0.05, 0.1) is 0 Å². The van der Waals surface area contributed by atoms with Crippen LogP contribution in [0.5, 0.6) is 0 Å². The number of anilines is 3. The van der Waals surface area contributed by atoms with Gasteiger partial charge in [-0.2, -0.15) is 0 Å². The van der Waals surface area contributed by atoms with E-state index in [1.807, 2.05) is 66.7 Å². The highest BCUT2D eigenvalue weighted by atomic mass is 16.3. The molecule has 2 aromatic heterocycles. The molecule has 5 heteroatoms. The number of aromatic nitrogens is 3. The van der Waals surface area contributed by atoms with E-state index in [2.05, 4.69) is 157 Å². The van der Waals surface area contributed by atoms with Gasteiger partial charge < -0.3 is 9.32 Å². The lowest BCUT2D eigenvalue weighted by molar-refractivity contribution is 0.673. The summed E-state index contributed by atoms with van der Waals surface area (Å²) in [7, 11) is 0. The molecule has 0 aliphatic carbocycles. The van der Waals surface area contributed by atoms with E-state index < -0.39 is 0 Å². The first-order valence-electron chi connectivity index (χ1n) is 20.1. The number of furan rings is 1. The lowest BCUT2D eigenvalue weighted by Crippen LogP contribution is -2.09. The third-order valence-electron chi connectivity index (χ3n) is 11.1. The minimum Gasteiger partial charge on any atom is -0.455 e. The molecule has 0 bridgehead atoms. The highest BCUT2D eigenvalue weighted by Gasteiger charge is 2.21. The van der Waals surface area contributed by atoms with E-state index in [0.29, 0.717) is 17.5 Å². The summed E-state index contributed by atoms with van der Waals surface area (Å²) in [5, 5.41) is 4.17. The van der Waals surface area contributed by atoms with E-state index in [-0.39, 0.29) is 0 Å². The standard InChI is InChI=1S/C55H36N4O/c1-5-15-37(16-6-1)38-25-30-45(31-26-38)59(44-22-11-4-12-23-44)46-32-27-39(28-33-46)43-35-49(51-48-34-29-40-17-13-14-24-47(40)52(48)60-50(51)36-43)55-57-53(41-18-7-2-8-19-41)56-54(58-55)42-20-9-3-10-21-42/h1-36H. The highest BCUT2D eigenvalue weighted by molar-refractivity contribution is 6.19. The zero-order chi connectivity index (χ0) is 39.8. The molecule has 0 saturated carbocycles. The second-order valence-corrected chi connectivity index (χ2v) is 14.8. The molecule has 282 valence electrons. The first-order chi connectivity index (χ1) is 29.7. The van der Waals surface area contributed by atoms with Crippen LogP contribution in [0.1, 0.15) is 0 Å². The van der Waals surface area contributed by atoms with E-state index >= 15 is 0 Å². The zero-order valence-electron chi connectivity index (χ0n) is 32.5. The Hall–Kier alpha value is -8.15. The molecular formula is C55H36N4O. The maximum Gasteiger partial charge on any atom is 0.164 e. The minimum absolute atomic E-state index is 0.580. The molecule has 0 aliphatic heterocycles. The Labute approximate surface area is 347 Å². The average Bonchev–Trinajstić information content (AvgIpc) is 3.72. The van der Waals surface area contributed by atoms with Gasteiger partial charge in [0.2, 0.25) is 0 Å². The van der Waals surface area contributed by atoms with Crippen LogP contribution in [0, 0.1) is 0 Å². The van der Waals surface area contributed by atoms with Crippen molar-refractivity contribution in [1.82, 2.24) is 15.0 Å². The maximum absolute atomic E-state index is 6.86. The first-order valence-corrected chi connectivity index (χ1v) is 20.1. The SMILES string of the molecule is c1ccc(-c2ccc(N(c3ccccc3)c3ccc(-c4cc(-c5nc(-c6ccccc6)nc(-c6ccccc6)n5)c5c(c4)oc4c6ccccc6ccc45)cc3)cc2)cc1. The van der Waals surface area contributed by atoms with Gasteiger partial charge in [0, 0.05) is 49.9 Å². The van der Waals surface area contributed by atoms with Gasteiger partial charge in [0.15, 0.2) is 17.5 Å². The molecule has 2 heterocycles. The topological polar surface area (TPSA) is 55.1 Å². The zero-order valence-corrected chi connectivity index (χ0v) is 32.5. The Morgan fingerprint density at radius 1 is 0.333 bits per heavy atom. The molecule has 0 atom stereocenters. The van der Waals surface area contributed by atoms with Crippen molar-refractivity contribution < 1.29 is 4.42 Å². The molecule has 5 nitrogen and oxygen atoms in total. The Balaban J connectivity index is 1.08. The van der Waals surface area contributed by atoms with E-state index in [1.165, 1.54) is 11.1 Å². The van der Waals surface area contributed by atoms with Crippen molar-refractivity contribution in [1.29, 1.82) is 0 Å². The molecule has 0 fully saturated rings. The monoisotopic (exact) mass is 768 g/mol. The molecule has 0 amide bonds. The molecule has 0 N–H and O–H groups in total. The Morgan fingerprint density at radius 2 is 0.800 bits per heavy atom. The molecule has 0 radical (unpaired) electrons. The van der Waals surface area contributed by atoms with Crippen LogP contribution in [0.2, 0.25) is 0 Å². The Kier molecular flexibility index (Phi) is 8.75. The van der Waals surface area contributed by atoms with Gasteiger partial charge in [-0.05, 0) is 82.2 Å². The van der Waals surface area contributed by atoms with E-state index in [4.69, 9.17) is 19.4 Å². The minimum atomic E-state index is 0.580. The van der Waals surface area contributed by atoms with Crippen LogP contribution < -0.4 is 4.90 Å². The molecule has 0 saturated heterocycles. The van der Waals surface area contributed by atoms with Gasteiger partial charge >= 0.3 is 0 Å². The number of benzene rings is 9. The smallest absolute Gasteiger partial charge is 0.164 e. The van der Waals surface area contributed by atoms with Crippen molar-refractivity contribution in [3.8, 4) is 56.4 Å². The van der Waals surface area contributed by atoms with Crippen LogP contribution in [0.15, 0.2) is 223 Å². The average molecular weight is 769 g/mol. The normalized spacial score (nSPS) is 11.3. The van der Waals surface area contributed by atoms with Gasteiger partial charge in [-0.25, -0.2) is 15.0 Å². The molecular weight excluding hydrogens is 733 g/mol. The van der Waals surface area contributed by atoms with Crippen molar-refractivity contribution in [2.75, 3.05) is 4.90 Å².